The molecular weight excluding hydrogens is 322 g/mol. The van der Waals surface area contributed by atoms with Crippen molar-refractivity contribution in [2.75, 3.05) is 10.7 Å². The summed E-state index contributed by atoms with van der Waals surface area (Å²) in [6, 6.07) is 8.17. The van der Waals surface area contributed by atoms with Crippen LogP contribution in [0.2, 0.25) is 0 Å². The number of aryl methyl sites for hydroxylation is 1. The van der Waals surface area contributed by atoms with E-state index < -0.39 is 0 Å². The number of fused-ring (bicyclic) bond motifs is 1. The van der Waals surface area contributed by atoms with Crippen LogP contribution < -0.4 is 10.5 Å². The zero-order valence-corrected chi connectivity index (χ0v) is 14.9. The zero-order chi connectivity index (χ0) is 17.3. The molecule has 24 heavy (non-hydrogen) atoms. The van der Waals surface area contributed by atoms with Crippen molar-refractivity contribution in [3.8, 4) is 0 Å². The van der Waals surface area contributed by atoms with Crippen LogP contribution in [0.25, 0.3) is 0 Å². The first kappa shape index (κ1) is 16.8. The Labute approximate surface area is 145 Å². The molecule has 2 heterocycles. The van der Waals surface area contributed by atoms with Crippen LogP contribution in [0.4, 0.5) is 5.69 Å². The van der Waals surface area contributed by atoms with Gasteiger partial charge >= 0.3 is 0 Å². The molecule has 1 N–H and O–H groups in total. The quantitative estimate of drug-likeness (QED) is 0.685. The highest BCUT2D eigenvalue weighted by Crippen LogP contribution is 2.32. The monoisotopic (exact) mass is 343 g/mol. The number of amides is 1. The normalized spacial score (nSPS) is 16.3. The topological polar surface area (TPSA) is 66.1 Å². The summed E-state index contributed by atoms with van der Waals surface area (Å²) in [5.74, 6) is 0.296. The number of carbonyl (C=O) groups is 1. The number of nitrogens with zero attached hydrogens (tertiary/aromatic N) is 2. The van der Waals surface area contributed by atoms with E-state index >= 15 is 0 Å². The number of hydrogen-bond donors (Lipinski definition) is 1. The summed E-state index contributed by atoms with van der Waals surface area (Å²) in [6.45, 7) is 5.82. The van der Waals surface area contributed by atoms with Gasteiger partial charge in [0, 0.05) is 23.0 Å². The molecule has 3 rings (SSSR count). The lowest BCUT2D eigenvalue weighted by Gasteiger charge is -2.22. The number of nitrogens with one attached hydrogen (secondary N) is 1. The van der Waals surface area contributed by atoms with Crippen molar-refractivity contribution >= 4 is 23.4 Å². The molecule has 0 fully saturated rings. The molecule has 1 atom stereocenters. The molecule has 0 saturated heterocycles. The SMILES string of the molecule is CCc1c(C)nc(SCC(=O)N2c3ccccc3C[C@H]2C)[nH]c1=O. The minimum atomic E-state index is -0.111. The third-order valence-corrected chi connectivity index (χ3v) is 5.22. The van der Waals surface area contributed by atoms with Gasteiger partial charge < -0.3 is 9.88 Å². The Balaban J connectivity index is 1.74. The summed E-state index contributed by atoms with van der Waals surface area (Å²) in [5.41, 5.74) is 3.52. The van der Waals surface area contributed by atoms with Crippen LogP contribution in [0.5, 0.6) is 0 Å². The summed E-state index contributed by atoms with van der Waals surface area (Å²) in [7, 11) is 0. The number of carbonyl (C=O) groups excluding carboxylic acids is 1. The fourth-order valence-corrected chi connectivity index (χ4v) is 3.98. The molecule has 2 aromatic rings. The highest BCUT2D eigenvalue weighted by atomic mass is 32.2. The molecule has 126 valence electrons. The Morgan fingerprint density at radius 2 is 2.17 bits per heavy atom. The fourth-order valence-electron chi connectivity index (χ4n) is 3.21. The fraction of sp³-hybridized carbons (Fsp3) is 0.389. The minimum Gasteiger partial charge on any atom is -0.308 e. The molecule has 1 amide bonds. The van der Waals surface area contributed by atoms with E-state index in [0.29, 0.717) is 17.1 Å². The third-order valence-electron chi connectivity index (χ3n) is 4.36. The zero-order valence-electron chi connectivity index (χ0n) is 14.1. The summed E-state index contributed by atoms with van der Waals surface area (Å²) in [6.07, 6.45) is 1.53. The van der Waals surface area contributed by atoms with Gasteiger partial charge in [-0.1, -0.05) is 36.9 Å². The van der Waals surface area contributed by atoms with Gasteiger partial charge in [0.2, 0.25) is 5.91 Å². The van der Waals surface area contributed by atoms with Gasteiger partial charge in [0.25, 0.3) is 5.56 Å². The second-order valence-corrected chi connectivity index (χ2v) is 6.99. The molecule has 1 aliphatic heterocycles. The summed E-state index contributed by atoms with van der Waals surface area (Å²) >= 11 is 1.28. The first-order valence-electron chi connectivity index (χ1n) is 8.13. The maximum absolute atomic E-state index is 12.7. The number of aromatic nitrogens is 2. The predicted molar refractivity (Wildman–Crippen MR) is 96.8 cm³/mol. The van der Waals surface area contributed by atoms with Gasteiger partial charge in [-0.05, 0) is 38.3 Å². The second-order valence-electron chi connectivity index (χ2n) is 6.02. The van der Waals surface area contributed by atoms with E-state index in [-0.39, 0.29) is 23.3 Å². The van der Waals surface area contributed by atoms with Gasteiger partial charge in [-0.15, -0.1) is 0 Å². The lowest BCUT2D eigenvalue weighted by molar-refractivity contribution is -0.116. The van der Waals surface area contributed by atoms with Gasteiger partial charge in [0.05, 0.1) is 5.75 Å². The predicted octanol–water partition coefficient (Wildman–Crippen LogP) is 2.71. The molecule has 0 saturated carbocycles. The summed E-state index contributed by atoms with van der Waals surface area (Å²) < 4.78 is 0. The van der Waals surface area contributed by atoms with Gasteiger partial charge in [0.1, 0.15) is 0 Å². The maximum atomic E-state index is 12.7. The van der Waals surface area contributed by atoms with E-state index in [4.69, 9.17) is 0 Å². The Morgan fingerprint density at radius 1 is 1.42 bits per heavy atom. The van der Waals surface area contributed by atoms with Crippen LogP contribution in [0.15, 0.2) is 34.2 Å². The van der Waals surface area contributed by atoms with Crippen LogP contribution >= 0.6 is 11.8 Å². The minimum absolute atomic E-state index is 0.0392. The van der Waals surface area contributed by atoms with E-state index in [1.54, 1.807) is 0 Å². The van der Waals surface area contributed by atoms with Crippen molar-refractivity contribution in [1.29, 1.82) is 0 Å². The number of anilines is 1. The van der Waals surface area contributed by atoms with E-state index in [0.717, 1.165) is 17.8 Å². The first-order chi connectivity index (χ1) is 11.5. The summed E-state index contributed by atoms with van der Waals surface area (Å²) in [5, 5.41) is 0.503. The highest BCUT2D eigenvalue weighted by Gasteiger charge is 2.30. The molecule has 1 aromatic heterocycles. The Kier molecular flexibility index (Phi) is 4.76. The number of H-pyrrole nitrogens is 1. The van der Waals surface area contributed by atoms with Crippen molar-refractivity contribution in [1.82, 2.24) is 9.97 Å². The molecule has 6 heteroatoms. The van der Waals surface area contributed by atoms with Gasteiger partial charge in [-0.25, -0.2) is 4.98 Å². The van der Waals surface area contributed by atoms with Gasteiger partial charge in [-0.2, -0.15) is 0 Å². The van der Waals surface area contributed by atoms with Crippen molar-refractivity contribution in [3.63, 3.8) is 0 Å². The van der Waals surface area contributed by atoms with Crippen molar-refractivity contribution in [2.24, 2.45) is 0 Å². The molecule has 0 radical (unpaired) electrons. The first-order valence-corrected chi connectivity index (χ1v) is 9.12. The molecular formula is C18H21N3O2S. The molecule has 0 spiro atoms. The van der Waals surface area contributed by atoms with Gasteiger partial charge in [-0.3, -0.25) is 9.59 Å². The van der Waals surface area contributed by atoms with E-state index in [2.05, 4.69) is 23.0 Å². The standard InChI is InChI=1S/C18H21N3O2S/c1-4-14-12(3)19-18(20-17(14)23)24-10-16(22)21-11(2)9-13-7-5-6-8-15(13)21/h5-8,11H,4,9-10H2,1-3H3,(H,19,20,23)/t11-/m1/s1. The number of rotatable bonds is 4. The molecule has 0 unspecified atom stereocenters. The lowest BCUT2D eigenvalue weighted by atomic mass is 10.1. The lowest BCUT2D eigenvalue weighted by Crippen LogP contribution is -2.37. The van der Waals surface area contributed by atoms with Crippen LogP contribution in [0, 0.1) is 6.92 Å². The van der Waals surface area contributed by atoms with Crippen LogP contribution in [0.3, 0.4) is 0 Å². The van der Waals surface area contributed by atoms with Gasteiger partial charge in [0.15, 0.2) is 5.16 Å². The summed E-state index contributed by atoms with van der Waals surface area (Å²) in [4.78, 5) is 33.7. The van der Waals surface area contributed by atoms with E-state index in [1.165, 1.54) is 17.3 Å². The van der Waals surface area contributed by atoms with Crippen LogP contribution in [-0.4, -0.2) is 27.7 Å². The number of benzene rings is 1. The molecule has 0 bridgehead atoms. The average molecular weight is 343 g/mol. The van der Waals surface area contributed by atoms with Crippen LogP contribution in [0.1, 0.15) is 30.7 Å². The largest absolute Gasteiger partial charge is 0.308 e. The number of para-hydroxylation sites is 1. The molecule has 5 nitrogen and oxygen atoms in total. The number of aromatic amines is 1. The van der Waals surface area contributed by atoms with Crippen molar-refractivity contribution in [2.45, 2.75) is 44.8 Å². The maximum Gasteiger partial charge on any atom is 0.254 e. The number of hydrogen-bond acceptors (Lipinski definition) is 4. The second kappa shape index (κ2) is 6.81. The highest BCUT2D eigenvalue weighted by molar-refractivity contribution is 7.99. The van der Waals surface area contributed by atoms with Crippen molar-refractivity contribution in [3.05, 3.63) is 51.4 Å². The smallest absolute Gasteiger partial charge is 0.254 e. The van der Waals surface area contributed by atoms with E-state index in [9.17, 15) is 9.59 Å². The molecule has 0 aliphatic carbocycles. The molecule has 1 aliphatic rings. The van der Waals surface area contributed by atoms with E-state index in [1.807, 2.05) is 36.9 Å². The Bertz CT molecular complexity index is 831. The number of thioether (sulfide) groups is 1. The average Bonchev–Trinajstić information content (AvgIpc) is 2.88. The Hall–Kier alpha value is -2.08. The van der Waals surface area contributed by atoms with Crippen LogP contribution in [-0.2, 0) is 17.6 Å². The Morgan fingerprint density at radius 3 is 2.88 bits per heavy atom. The van der Waals surface area contributed by atoms with Crippen molar-refractivity contribution < 1.29 is 4.79 Å². The third kappa shape index (κ3) is 3.11. The molecule has 1 aromatic carbocycles.